The summed E-state index contributed by atoms with van der Waals surface area (Å²) in [6.07, 6.45) is 8.74. The molecule has 0 aromatic carbocycles. The van der Waals surface area contributed by atoms with Crippen LogP contribution in [-0.2, 0) is 9.53 Å². The van der Waals surface area contributed by atoms with Crippen LogP contribution in [0.15, 0.2) is 34.5 Å². The van der Waals surface area contributed by atoms with Crippen LogP contribution >= 0.6 is 0 Å². The number of hydrogen-bond acceptors (Lipinski definition) is 4. The van der Waals surface area contributed by atoms with Crippen molar-refractivity contribution in [1.82, 2.24) is 4.90 Å². The topological polar surface area (TPSA) is 64.2 Å². The van der Waals surface area contributed by atoms with Crippen molar-refractivity contribution in [1.29, 1.82) is 0 Å². The highest BCUT2D eigenvalue weighted by atomic mass is 16.6. The van der Waals surface area contributed by atoms with Gasteiger partial charge in [0, 0.05) is 5.92 Å². The molecule has 1 N–H and O–H groups in total. The maximum Gasteiger partial charge on any atom is 0.315 e. The molecule has 1 aromatic rings. The van der Waals surface area contributed by atoms with Crippen LogP contribution in [0.1, 0.15) is 50.1 Å². The number of carbonyl (C=O) groups is 2. The highest BCUT2D eigenvalue weighted by molar-refractivity contribution is 5.91. The lowest BCUT2D eigenvalue weighted by Crippen LogP contribution is -3.15. The summed E-state index contributed by atoms with van der Waals surface area (Å²) in [7, 11) is 0. The van der Waals surface area contributed by atoms with E-state index >= 15 is 0 Å². The second kappa shape index (κ2) is 7.56. The first-order valence-corrected chi connectivity index (χ1v) is 11.5. The average molecular weight is 414 g/mol. The molecule has 0 unspecified atom stereocenters. The van der Waals surface area contributed by atoms with Crippen molar-refractivity contribution in [2.24, 2.45) is 23.2 Å². The Morgan fingerprint density at radius 3 is 2.87 bits per heavy atom. The van der Waals surface area contributed by atoms with E-state index in [1.165, 1.54) is 30.4 Å². The lowest BCUT2D eigenvalue weighted by atomic mass is 9.59. The maximum absolute atomic E-state index is 12.8. The van der Waals surface area contributed by atoms with Crippen LogP contribution in [0.3, 0.4) is 0 Å². The summed E-state index contributed by atoms with van der Waals surface area (Å²) >= 11 is 0. The third-order valence-corrected chi connectivity index (χ3v) is 8.08. The molecule has 1 saturated carbocycles. The van der Waals surface area contributed by atoms with Gasteiger partial charge in [0.05, 0.1) is 39.0 Å². The Bertz CT molecular complexity index is 839. The molecule has 6 heteroatoms. The van der Waals surface area contributed by atoms with Crippen LogP contribution in [-0.4, -0.2) is 55.6 Å². The fourth-order valence-electron chi connectivity index (χ4n) is 6.38. The van der Waals surface area contributed by atoms with Gasteiger partial charge in [-0.15, -0.1) is 0 Å². The van der Waals surface area contributed by atoms with Gasteiger partial charge in [-0.1, -0.05) is 31.9 Å². The molecule has 4 aliphatic rings. The lowest BCUT2D eigenvalue weighted by Gasteiger charge is -2.46. The van der Waals surface area contributed by atoms with Gasteiger partial charge in [0.1, 0.15) is 12.0 Å². The largest absolute Gasteiger partial charge is 0.461 e. The number of rotatable bonds is 3. The molecule has 2 aliphatic heterocycles. The van der Waals surface area contributed by atoms with Crippen molar-refractivity contribution in [2.75, 3.05) is 32.7 Å². The maximum atomic E-state index is 12.8. The Balaban J connectivity index is 1.25. The van der Waals surface area contributed by atoms with Gasteiger partial charge in [-0.25, -0.2) is 0 Å². The normalized spacial score (nSPS) is 36.7. The number of nitrogens with zero attached hydrogens (tertiary/aromatic N) is 1. The zero-order valence-electron chi connectivity index (χ0n) is 18.1. The quantitative estimate of drug-likeness (QED) is 0.608. The predicted octanol–water partition coefficient (Wildman–Crippen LogP) is 1.93. The number of esters is 1. The predicted molar refractivity (Wildman–Crippen MR) is 111 cm³/mol. The fraction of sp³-hybridized carbons (Fsp3) is 0.667. The summed E-state index contributed by atoms with van der Waals surface area (Å²) in [5, 5.41) is 0. The molecule has 2 aliphatic carbocycles. The summed E-state index contributed by atoms with van der Waals surface area (Å²) in [4.78, 5) is 28.5. The molecular formula is C24H33N2O4+. The van der Waals surface area contributed by atoms with E-state index < -0.39 is 0 Å². The fourth-order valence-corrected chi connectivity index (χ4v) is 6.38. The van der Waals surface area contributed by atoms with E-state index in [4.69, 9.17) is 9.15 Å². The minimum atomic E-state index is -0.0523. The molecule has 30 heavy (non-hydrogen) atoms. The second-order valence-electron chi connectivity index (χ2n) is 10.1. The average Bonchev–Trinajstić information content (AvgIpc) is 3.35. The first kappa shape index (κ1) is 19.9. The first-order chi connectivity index (χ1) is 14.4. The minimum Gasteiger partial charge on any atom is -0.461 e. The second-order valence-corrected chi connectivity index (χ2v) is 10.1. The van der Waals surface area contributed by atoms with Gasteiger partial charge in [0.2, 0.25) is 0 Å². The van der Waals surface area contributed by atoms with Gasteiger partial charge in [0.15, 0.2) is 5.76 Å². The van der Waals surface area contributed by atoms with Crippen molar-refractivity contribution in [2.45, 2.75) is 45.6 Å². The van der Waals surface area contributed by atoms with Gasteiger partial charge >= 0.3 is 5.97 Å². The monoisotopic (exact) mass is 413 g/mol. The molecule has 162 valence electrons. The van der Waals surface area contributed by atoms with Crippen molar-refractivity contribution in [3.63, 3.8) is 0 Å². The van der Waals surface area contributed by atoms with Gasteiger partial charge in [0.25, 0.3) is 5.91 Å². The van der Waals surface area contributed by atoms with Gasteiger partial charge in [-0.2, -0.15) is 0 Å². The number of amides is 1. The third kappa shape index (κ3) is 3.39. The van der Waals surface area contributed by atoms with Crippen LogP contribution in [0, 0.1) is 23.2 Å². The Morgan fingerprint density at radius 2 is 2.13 bits per heavy atom. The standard InChI is InChI=1S/C24H32N2O4/c1-16-5-3-7-24(2)14-21-17(13-19(16)24)18(23(28)30-21)15-25-8-10-26(11-9-25)22(27)20-6-4-12-29-20/h4,6,12-13,16-18,21H,3,5,7-11,14-15H2,1-2H3/p+1/t16-,17-,18+,21-,24-/m1/s1. The van der Waals surface area contributed by atoms with Crippen LogP contribution < -0.4 is 4.90 Å². The van der Waals surface area contributed by atoms with Crippen LogP contribution in [0.2, 0.25) is 0 Å². The van der Waals surface area contributed by atoms with Crippen molar-refractivity contribution >= 4 is 11.9 Å². The zero-order valence-corrected chi connectivity index (χ0v) is 18.1. The molecular weight excluding hydrogens is 380 g/mol. The highest BCUT2D eigenvalue weighted by Crippen LogP contribution is 2.53. The van der Waals surface area contributed by atoms with E-state index in [9.17, 15) is 9.59 Å². The first-order valence-electron chi connectivity index (χ1n) is 11.5. The summed E-state index contributed by atoms with van der Waals surface area (Å²) in [6.45, 7) is 8.62. The van der Waals surface area contributed by atoms with Crippen molar-refractivity contribution in [3.05, 3.63) is 35.8 Å². The number of ether oxygens (including phenoxy) is 1. The number of hydrogen-bond donors (Lipinski definition) is 1. The zero-order chi connectivity index (χ0) is 20.9. The third-order valence-electron chi connectivity index (χ3n) is 8.08. The van der Waals surface area contributed by atoms with Crippen LogP contribution in [0.4, 0.5) is 0 Å². The van der Waals surface area contributed by atoms with Gasteiger partial charge < -0.3 is 19.0 Å². The van der Waals surface area contributed by atoms with E-state index in [2.05, 4.69) is 19.9 Å². The number of piperazine rings is 1. The molecule has 6 nitrogen and oxygen atoms in total. The van der Waals surface area contributed by atoms with E-state index in [0.29, 0.717) is 24.8 Å². The Kier molecular flexibility index (Phi) is 5.00. The molecule has 2 saturated heterocycles. The highest BCUT2D eigenvalue weighted by Gasteiger charge is 2.52. The number of fused-ring (bicyclic) bond motifs is 2. The summed E-state index contributed by atoms with van der Waals surface area (Å²) < 4.78 is 11.2. The van der Waals surface area contributed by atoms with Crippen LogP contribution in [0.5, 0.6) is 0 Å². The molecule has 5 rings (SSSR count). The van der Waals surface area contributed by atoms with E-state index in [1.807, 2.05) is 4.90 Å². The number of allylic oxidation sites excluding steroid dienone is 1. The molecule has 1 aromatic heterocycles. The summed E-state index contributed by atoms with van der Waals surface area (Å²) in [6, 6.07) is 3.46. The molecule has 0 radical (unpaired) electrons. The molecule has 0 bridgehead atoms. The Morgan fingerprint density at radius 1 is 1.33 bits per heavy atom. The SMILES string of the molecule is C[C@@H]1CCC[C@]2(C)C[C@H]3OC(=O)[C@@H](C[NH+]4CCN(C(=O)c5ccco5)CC4)[C@H]3C=C12. The number of nitrogens with one attached hydrogen (secondary N) is 1. The number of furan rings is 1. The molecule has 5 atom stereocenters. The van der Waals surface area contributed by atoms with Crippen molar-refractivity contribution in [3.8, 4) is 0 Å². The molecule has 0 spiro atoms. The van der Waals surface area contributed by atoms with E-state index in [0.717, 1.165) is 26.1 Å². The van der Waals surface area contributed by atoms with Crippen molar-refractivity contribution < 1.29 is 23.6 Å². The Labute approximate surface area is 178 Å². The number of quaternary nitrogens is 1. The molecule has 1 amide bonds. The summed E-state index contributed by atoms with van der Waals surface area (Å²) in [5.41, 5.74) is 1.78. The van der Waals surface area contributed by atoms with E-state index in [-0.39, 0.29) is 35.2 Å². The van der Waals surface area contributed by atoms with E-state index in [1.54, 1.807) is 17.7 Å². The number of carbonyl (C=O) groups excluding carboxylic acids is 2. The smallest absolute Gasteiger partial charge is 0.315 e. The summed E-state index contributed by atoms with van der Waals surface area (Å²) in [5.74, 6) is 1.13. The molecule has 3 fully saturated rings. The lowest BCUT2D eigenvalue weighted by molar-refractivity contribution is -0.906. The van der Waals surface area contributed by atoms with Crippen LogP contribution in [0.25, 0.3) is 0 Å². The van der Waals surface area contributed by atoms with Gasteiger partial charge in [-0.05, 0) is 42.7 Å². The molecule has 3 heterocycles. The van der Waals surface area contributed by atoms with Gasteiger partial charge in [-0.3, -0.25) is 9.59 Å². The minimum absolute atomic E-state index is 0.0154. The Hall–Kier alpha value is -2.08.